The van der Waals surface area contributed by atoms with Gasteiger partial charge in [0.15, 0.2) is 0 Å². The van der Waals surface area contributed by atoms with E-state index in [0.717, 1.165) is 11.3 Å². The third-order valence-electron chi connectivity index (χ3n) is 3.95. The van der Waals surface area contributed by atoms with Gasteiger partial charge in [0.1, 0.15) is 9.88 Å². The molecule has 1 aromatic carbocycles. The van der Waals surface area contributed by atoms with E-state index in [9.17, 15) is 14.4 Å². The molecule has 1 aliphatic heterocycles. The Morgan fingerprint density at radius 2 is 2.00 bits per heavy atom. The third kappa shape index (κ3) is 3.03. The number of esters is 3. The van der Waals surface area contributed by atoms with Crippen LogP contribution >= 0.6 is 11.3 Å². The van der Waals surface area contributed by atoms with Gasteiger partial charge in [0.25, 0.3) is 0 Å². The van der Waals surface area contributed by atoms with Crippen LogP contribution in [0.3, 0.4) is 0 Å². The number of cyclic esters (lactones) is 1. The summed E-state index contributed by atoms with van der Waals surface area (Å²) in [7, 11) is 1.26. The molecular formula is C18H17NO6S. The predicted octanol–water partition coefficient (Wildman–Crippen LogP) is 3.30. The average molecular weight is 375 g/mol. The van der Waals surface area contributed by atoms with E-state index in [4.69, 9.17) is 14.2 Å². The Hall–Kier alpha value is -2.87. The van der Waals surface area contributed by atoms with Gasteiger partial charge in [-0.3, -0.25) is 0 Å². The Balaban J connectivity index is 2.00. The molecule has 0 spiro atoms. The minimum Gasteiger partial charge on any atom is -0.465 e. The number of hydrogen-bond donors (Lipinski definition) is 1. The number of fused-ring (bicyclic) bond motifs is 1. The van der Waals surface area contributed by atoms with Gasteiger partial charge < -0.3 is 19.5 Å². The van der Waals surface area contributed by atoms with E-state index in [1.54, 1.807) is 38.1 Å². The maximum atomic E-state index is 12.2. The number of benzene rings is 1. The van der Waals surface area contributed by atoms with E-state index >= 15 is 0 Å². The van der Waals surface area contributed by atoms with Crippen molar-refractivity contribution in [1.29, 1.82) is 0 Å². The van der Waals surface area contributed by atoms with E-state index in [1.165, 1.54) is 7.11 Å². The second-order valence-electron chi connectivity index (χ2n) is 5.49. The highest BCUT2D eigenvalue weighted by Crippen LogP contribution is 2.39. The summed E-state index contributed by atoms with van der Waals surface area (Å²) in [5.41, 5.74) is 1.81. The number of hydrogen-bond acceptors (Lipinski definition) is 8. The molecule has 0 amide bonds. The highest BCUT2D eigenvalue weighted by atomic mass is 32.1. The quantitative estimate of drug-likeness (QED) is 0.633. The van der Waals surface area contributed by atoms with Crippen LogP contribution in [0, 0.1) is 6.92 Å². The first-order valence-electron chi connectivity index (χ1n) is 7.93. The smallest absolute Gasteiger partial charge is 0.348 e. The summed E-state index contributed by atoms with van der Waals surface area (Å²) < 4.78 is 15.2. The summed E-state index contributed by atoms with van der Waals surface area (Å²) in [6, 6.07) is 6.98. The molecule has 26 heavy (non-hydrogen) atoms. The van der Waals surface area contributed by atoms with Crippen molar-refractivity contribution in [1.82, 2.24) is 0 Å². The molecule has 1 unspecified atom stereocenters. The lowest BCUT2D eigenvalue weighted by Gasteiger charge is -2.14. The van der Waals surface area contributed by atoms with Crippen molar-refractivity contribution in [2.24, 2.45) is 0 Å². The highest BCUT2D eigenvalue weighted by Gasteiger charge is 2.33. The Bertz CT molecular complexity index is 888. The molecule has 0 aliphatic carbocycles. The van der Waals surface area contributed by atoms with Crippen molar-refractivity contribution in [3.8, 4) is 0 Å². The number of anilines is 1. The first kappa shape index (κ1) is 17.9. The molecule has 3 rings (SSSR count). The van der Waals surface area contributed by atoms with Gasteiger partial charge in [0.2, 0.25) is 6.23 Å². The number of methoxy groups -OCH3 is 1. The van der Waals surface area contributed by atoms with E-state index in [1.807, 2.05) is 0 Å². The van der Waals surface area contributed by atoms with Crippen LogP contribution in [0.5, 0.6) is 0 Å². The minimum atomic E-state index is -0.754. The number of ether oxygens (including phenoxy) is 3. The lowest BCUT2D eigenvalue weighted by Crippen LogP contribution is -2.13. The first-order chi connectivity index (χ1) is 12.5. The van der Waals surface area contributed by atoms with Gasteiger partial charge in [-0.2, -0.15) is 0 Å². The monoisotopic (exact) mass is 375 g/mol. The van der Waals surface area contributed by atoms with Crippen molar-refractivity contribution in [2.75, 3.05) is 19.0 Å². The second-order valence-corrected chi connectivity index (χ2v) is 6.51. The van der Waals surface area contributed by atoms with Gasteiger partial charge in [-0.1, -0.05) is 18.2 Å². The third-order valence-corrected chi connectivity index (χ3v) is 5.15. The van der Waals surface area contributed by atoms with Crippen molar-refractivity contribution in [3.63, 3.8) is 0 Å². The number of thiophene rings is 1. The Morgan fingerprint density at radius 3 is 2.69 bits per heavy atom. The van der Waals surface area contributed by atoms with Crippen LogP contribution in [0.4, 0.5) is 5.00 Å². The summed E-state index contributed by atoms with van der Waals surface area (Å²) in [5.74, 6) is -1.55. The largest absolute Gasteiger partial charge is 0.465 e. The van der Waals surface area contributed by atoms with Crippen LogP contribution in [-0.2, 0) is 14.2 Å². The maximum Gasteiger partial charge on any atom is 0.348 e. The minimum absolute atomic E-state index is 0.222. The topological polar surface area (TPSA) is 90.9 Å². The fourth-order valence-corrected chi connectivity index (χ4v) is 3.83. The zero-order valence-corrected chi connectivity index (χ0v) is 15.3. The molecule has 1 aliphatic rings. The summed E-state index contributed by atoms with van der Waals surface area (Å²) in [5, 5.41) is 3.42. The molecule has 0 radical (unpaired) electrons. The zero-order valence-electron chi connectivity index (χ0n) is 14.5. The summed E-state index contributed by atoms with van der Waals surface area (Å²) in [4.78, 5) is 36.7. The van der Waals surface area contributed by atoms with Crippen LogP contribution in [0.15, 0.2) is 24.3 Å². The van der Waals surface area contributed by atoms with Crippen LogP contribution in [0.25, 0.3) is 0 Å². The Morgan fingerprint density at radius 1 is 1.27 bits per heavy atom. The predicted molar refractivity (Wildman–Crippen MR) is 94.6 cm³/mol. The lowest BCUT2D eigenvalue weighted by molar-refractivity contribution is 0.0436. The number of rotatable bonds is 5. The molecule has 0 bridgehead atoms. The molecule has 1 atom stereocenters. The van der Waals surface area contributed by atoms with Crippen molar-refractivity contribution < 1.29 is 28.6 Å². The summed E-state index contributed by atoms with van der Waals surface area (Å²) in [6.07, 6.45) is -0.754. The van der Waals surface area contributed by atoms with Gasteiger partial charge in [-0.15, -0.1) is 11.3 Å². The van der Waals surface area contributed by atoms with E-state index in [0.29, 0.717) is 26.6 Å². The average Bonchev–Trinajstić information content (AvgIpc) is 3.13. The first-order valence-corrected chi connectivity index (χ1v) is 8.74. The SMILES string of the molecule is CCOC(=O)c1sc(NC2OC(=O)c3ccccc32)c(C(=O)OC)c1C. The summed E-state index contributed by atoms with van der Waals surface area (Å²) in [6.45, 7) is 3.57. The zero-order chi connectivity index (χ0) is 18.8. The van der Waals surface area contributed by atoms with E-state index in [-0.39, 0.29) is 12.2 Å². The summed E-state index contributed by atoms with van der Waals surface area (Å²) >= 11 is 1.06. The maximum absolute atomic E-state index is 12.2. The number of carbonyl (C=O) groups is 3. The molecule has 136 valence electrons. The molecule has 7 nitrogen and oxygen atoms in total. The molecule has 1 N–H and O–H groups in total. The molecule has 1 aromatic heterocycles. The van der Waals surface area contributed by atoms with Crippen LogP contribution in [-0.4, -0.2) is 31.6 Å². The molecule has 2 aromatic rings. The van der Waals surface area contributed by atoms with Crippen LogP contribution in [0.2, 0.25) is 0 Å². The Kier molecular flexibility index (Phi) is 4.94. The van der Waals surface area contributed by atoms with Crippen LogP contribution < -0.4 is 5.32 Å². The standard InChI is InChI=1S/C18H17NO6S/c1-4-24-18(22)13-9(2)12(17(21)23-3)15(26-13)19-14-10-7-5-6-8-11(10)16(20)25-14/h5-8,14,19H,4H2,1-3H3. The normalized spacial score (nSPS) is 15.2. The highest BCUT2D eigenvalue weighted by molar-refractivity contribution is 7.18. The van der Waals surface area contributed by atoms with Gasteiger partial charge >= 0.3 is 17.9 Å². The molecule has 0 saturated carbocycles. The van der Waals surface area contributed by atoms with Crippen molar-refractivity contribution in [2.45, 2.75) is 20.1 Å². The fraction of sp³-hybridized carbons (Fsp3) is 0.278. The van der Waals surface area contributed by atoms with Gasteiger partial charge in [-0.25, -0.2) is 14.4 Å². The van der Waals surface area contributed by atoms with E-state index in [2.05, 4.69) is 5.32 Å². The molecule has 2 heterocycles. The van der Waals surface area contributed by atoms with Gasteiger partial charge in [-0.05, 0) is 25.5 Å². The molecular weight excluding hydrogens is 358 g/mol. The van der Waals surface area contributed by atoms with Gasteiger partial charge in [0, 0.05) is 5.56 Å². The Labute approximate surface area is 153 Å². The number of carbonyl (C=O) groups excluding carboxylic acids is 3. The fourth-order valence-electron chi connectivity index (χ4n) is 2.73. The van der Waals surface area contributed by atoms with Crippen LogP contribution in [0.1, 0.15) is 54.7 Å². The van der Waals surface area contributed by atoms with Crippen molar-refractivity contribution in [3.05, 3.63) is 51.4 Å². The van der Waals surface area contributed by atoms with Crippen molar-refractivity contribution >= 4 is 34.2 Å². The molecule has 8 heteroatoms. The molecule has 0 saturated heterocycles. The second kappa shape index (κ2) is 7.17. The molecule has 0 fully saturated rings. The van der Waals surface area contributed by atoms with Gasteiger partial charge in [0.05, 0.1) is 24.8 Å². The number of nitrogens with one attached hydrogen (secondary N) is 1. The van der Waals surface area contributed by atoms with E-state index < -0.39 is 24.1 Å². The lowest BCUT2D eigenvalue weighted by atomic mass is 10.1.